The van der Waals surface area contributed by atoms with Crippen molar-refractivity contribution in [2.45, 2.75) is 17.7 Å². The van der Waals surface area contributed by atoms with Crippen molar-refractivity contribution >= 4 is 38.8 Å². The van der Waals surface area contributed by atoms with E-state index in [1.54, 1.807) is 29.5 Å². The van der Waals surface area contributed by atoms with E-state index in [0.29, 0.717) is 24.5 Å². The van der Waals surface area contributed by atoms with E-state index in [2.05, 4.69) is 9.71 Å². The van der Waals surface area contributed by atoms with Gasteiger partial charge in [-0.2, -0.15) is 8.42 Å². The Morgan fingerprint density at radius 3 is 2.61 bits per heavy atom. The summed E-state index contributed by atoms with van der Waals surface area (Å²) in [7, 11) is -3.67. The third-order valence-corrected chi connectivity index (χ3v) is 7.90. The lowest BCUT2D eigenvalue weighted by molar-refractivity contribution is -0.121. The molecule has 0 saturated carbocycles. The van der Waals surface area contributed by atoms with Gasteiger partial charge >= 0.3 is 0 Å². The van der Waals surface area contributed by atoms with Gasteiger partial charge in [0.25, 0.3) is 10.0 Å². The number of piperidine rings is 1. The standard InChI is InChI=1S/C23H21N3O3S2/c27-23(24-19-10-3-1-8-17(19)20-11-6-14-30-20)16-7-5-13-26(15-16)22-18-9-2-4-12-21(18)31(28,29)25-22/h1-4,6,8-12,14,16H,5,7,13,15H2,(H,24,27). The Morgan fingerprint density at radius 1 is 1.03 bits per heavy atom. The zero-order valence-corrected chi connectivity index (χ0v) is 18.3. The second kappa shape index (κ2) is 7.94. The zero-order chi connectivity index (χ0) is 21.4. The van der Waals surface area contributed by atoms with Crippen molar-refractivity contribution in [2.75, 3.05) is 18.4 Å². The Hall–Kier alpha value is -2.97. The molecule has 5 rings (SSSR count). The summed E-state index contributed by atoms with van der Waals surface area (Å²) >= 11 is 1.63. The SMILES string of the molecule is O=C(Nc1ccccc1-c1cccs1)C1CCCN(C2=NS(=O)(=O)c3ccccc32)C1. The van der Waals surface area contributed by atoms with Crippen LogP contribution in [0.2, 0.25) is 0 Å². The number of carbonyl (C=O) groups is 1. The van der Waals surface area contributed by atoms with Gasteiger partial charge in [0.05, 0.1) is 5.92 Å². The molecule has 6 nitrogen and oxygen atoms in total. The molecule has 1 N–H and O–H groups in total. The van der Waals surface area contributed by atoms with E-state index >= 15 is 0 Å². The first-order valence-corrected chi connectivity index (χ1v) is 12.5. The van der Waals surface area contributed by atoms with Crippen LogP contribution in [0.5, 0.6) is 0 Å². The molecule has 1 atom stereocenters. The largest absolute Gasteiger partial charge is 0.355 e. The van der Waals surface area contributed by atoms with Gasteiger partial charge in [-0.1, -0.05) is 36.4 Å². The Morgan fingerprint density at radius 2 is 1.81 bits per heavy atom. The number of hydrogen-bond donors (Lipinski definition) is 1. The van der Waals surface area contributed by atoms with Crippen molar-refractivity contribution in [3.63, 3.8) is 0 Å². The molecular weight excluding hydrogens is 430 g/mol. The number of benzene rings is 2. The molecule has 31 heavy (non-hydrogen) atoms. The second-order valence-corrected chi connectivity index (χ2v) is 10.2. The van der Waals surface area contributed by atoms with Gasteiger partial charge in [-0.05, 0) is 42.5 Å². The fourth-order valence-electron chi connectivity index (χ4n) is 4.17. The van der Waals surface area contributed by atoms with Gasteiger partial charge in [0, 0.05) is 34.8 Å². The highest BCUT2D eigenvalue weighted by Crippen LogP contribution is 2.33. The summed E-state index contributed by atoms with van der Waals surface area (Å²) in [6.07, 6.45) is 1.55. The number of fused-ring (bicyclic) bond motifs is 1. The minimum Gasteiger partial charge on any atom is -0.355 e. The van der Waals surface area contributed by atoms with Crippen molar-refractivity contribution in [2.24, 2.45) is 10.3 Å². The Labute approximate surface area is 185 Å². The molecule has 1 fully saturated rings. The number of para-hydroxylation sites is 1. The molecule has 8 heteroatoms. The van der Waals surface area contributed by atoms with Crippen LogP contribution in [-0.4, -0.2) is 38.2 Å². The maximum Gasteiger partial charge on any atom is 0.285 e. The number of hydrogen-bond acceptors (Lipinski definition) is 5. The molecule has 1 saturated heterocycles. The Kier molecular flexibility index (Phi) is 5.11. The van der Waals surface area contributed by atoms with Gasteiger partial charge in [-0.3, -0.25) is 4.79 Å². The number of amides is 1. The monoisotopic (exact) mass is 451 g/mol. The topological polar surface area (TPSA) is 78.8 Å². The van der Waals surface area contributed by atoms with E-state index in [-0.39, 0.29) is 16.7 Å². The van der Waals surface area contributed by atoms with Gasteiger partial charge in [0.1, 0.15) is 4.90 Å². The number of anilines is 1. The minimum atomic E-state index is -3.67. The number of likely N-dealkylation sites (tertiary alicyclic amines) is 1. The molecule has 3 aromatic rings. The molecule has 1 amide bonds. The van der Waals surface area contributed by atoms with Crippen molar-refractivity contribution in [1.29, 1.82) is 0 Å². The summed E-state index contributed by atoms with van der Waals surface area (Å²) in [5.41, 5.74) is 2.41. The van der Waals surface area contributed by atoms with E-state index < -0.39 is 10.0 Å². The molecule has 0 spiro atoms. The lowest BCUT2D eigenvalue weighted by Gasteiger charge is -2.33. The third-order valence-electron chi connectivity index (χ3n) is 5.68. The lowest BCUT2D eigenvalue weighted by Crippen LogP contribution is -2.43. The summed E-state index contributed by atoms with van der Waals surface area (Å²) in [4.78, 5) is 16.4. The maximum absolute atomic E-state index is 13.1. The molecule has 3 heterocycles. The number of amidine groups is 1. The fourth-order valence-corrected chi connectivity index (χ4v) is 6.17. The molecule has 0 bridgehead atoms. The molecular formula is C23H21N3O3S2. The van der Waals surface area contributed by atoms with Gasteiger partial charge in [-0.15, -0.1) is 15.7 Å². The van der Waals surface area contributed by atoms with Crippen LogP contribution in [0.1, 0.15) is 18.4 Å². The second-order valence-electron chi connectivity index (χ2n) is 7.68. The average molecular weight is 452 g/mol. The highest BCUT2D eigenvalue weighted by molar-refractivity contribution is 7.90. The quantitative estimate of drug-likeness (QED) is 0.647. The fraction of sp³-hybridized carbons (Fsp3) is 0.217. The summed E-state index contributed by atoms with van der Waals surface area (Å²) in [5, 5.41) is 5.11. The Balaban J connectivity index is 1.36. The van der Waals surface area contributed by atoms with Crippen LogP contribution in [0.3, 0.4) is 0 Å². The summed E-state index contributed by atoms with van der Waals surface area (Å²) in [5.74, 6) is 0.152. The highest BCUT2D eigenvalue weighted by atomic mass is 32.2. The molecule has 2 aliphatic heterocycles. The van der Waals surface area contributed by atoms with E-state index in [1.807, 2.05) is 52.7 Å². The zero-order valence-electron chi connectivity index (χ0n) is 16.7. The predicted molar refractivity (Wildman–Crippen MR) is 123 cm³/mol. The maximum atomic E-state index is 13.1. The number of rotatable bonds is 3. The first kappa shape index (κ1) is 20.0. The number of nitrogens with one attached hydrogen (secondary N) is 1. The van der Waals surface area contributed by atoms with Crippen LogP contribution in [-0.2, 0) is 14.8 Å². The van der Waals surface area contributed by atoms with Crippen LogP contribution in [0, 0.1) is 5.92 Å². The van der Waals surface area contributed by atoms with Gasteiger partial charge in [0.2, 0.25) is 5.91 Å². The van der Waals surface area contributed by atoms with E-state index in [4.69, 9.17) is 0 Å². The first-order chi connectivity index (χ1) is 15.0. The van der Waals surface area contributed by atoms with Gasteiger partial charge < -0.3 is 10.2 Å². The lowest BCUT2D eigenvalue weighted by atomic mass is 9.96. The molecule has 2 aliphatic rings. The molecule has 0 radical (unpaired) electrons. The number of thiophene rings is 1. The smallest absolute Gasteiger partial charge is 0.285 e. The first-order valence-electron chi connectivity index (χ1n) is 10.2. The van der Waals surface area contributed by atoms with Crippen LogP contribution < -0.4 is 5.32 Å². The van der Waals surface area contributed by atoms with Gasteiger partial charge in [-0.25, -0.2) is 0 Å². The molecule has 158 valence electrons. The number of nitrogens with zero attached hydrogens (tertiary/aromatic N) is 2. The number of sulfonamides is 1. The third kappa shape index (κ3) is 3.77. The van der Waals surface area contributed by atoms with Crippen molar-refractivity contribution < 1.29 is 13.2 Å². The van der Waals surface area contributed by atoms with E-state index in [1.165, 1.54) is 0 Å². The summed E-state index contributed by atoms with van der Waals surface area (Å²) in [6, 6.07) is 18.7. The minimum absolute atomic E-state index is 0.0524. The van der Waals surface area contributed by atoms with Crippen molar-refractivity contribution in [3.8, 4) is 10.4 Å². The van der Waals surface area contributed by atoms with Crippen molar-refractivity contribution in [1.82, 2.24) is 4.90 Å². The predicted octanol–water partition coefficient (Wildman–Crippen LogP) is 4.21. The van der Waals surface area contributed by atoms with Crippen molar-refractivity contribution in [3.05, 3.63) is 71.6 Å². The van der Waals surface area contributed by atoms with Gasteiger partial charge in [0.15, 0.2) is 5.84 Å². The molecule has 1 aromatic heterocycles. The highest BCUT2D eigenvalue weighted by Gasteiger charge is 2.35. The van der Waals surface area contributed by atoms with E-state index in [0.717, 1.165) is 29.0 Å². The van der Waals surface area contributed by atoms with Crippen LogP contribution in [0.4, 0.5) is 5.69 Å². The Bertz CT molecular complexity index is 1270. The van der Waals surface area contributed by atoms with E-state index in [9.17, 15) is 13.2 Å². The number of carbonyl (C=O) groups excluding carboxylic acids is 1. The van der Waals surface area contributed by atoms with Crippen LogP contribution in [0.15, 0.2) is 75.3 Å². The molecule has 2 aromatic carbocycles. The van der Waals surface area contributed by atoms with Crippen LogP contribution in [0.25, 0.3) is 10.4 Å². The summed E-state index contributed by atoms with van der Waals surface area (Å²) < 4.78 is 28.9. The normalized spacial score (nSPS) is 19.5. The molecule has 0 aliphatic carbocycles. The van der Waals surface area contributed by atoms with Crippen LogP contribution >= 0.6 is 11.3 Å². The summed E-state index contributed by atoms with van der Waals surface area (Å²) in [6.45, 7) is 1.12. The average Bonchev–Trinajstić information content (AvgIpc) is 3.41. The molecule has 1 unspecified atom stereocenters.